The van der Waals surface area contributed by atoms with Crippen LogP contribution in [0, 0.1) is 0 Å². The summed E-state index contributed by atoms with van der Waals surface area (Å²) in [5, 5.41) is 0. The molecule has 0 aliphatic carbocycles. The van der Waals surface area contributed by atoms with Crippen molar-refractivity contribution in [1.82, 2.24) is 24.5 Å². The molecule has 3 fully saturated rings. The molecule has 0 spiro atoms. The van der Waals surface area contributed by atoms with E-state index in [4.69, 9.17) is 9.47 Å². The molecule has 3 aliphatic rings. The van der Waals surface area contributed by atoms with Crippen LogP contribution in [0.4, 0.5) is 4.79 Å². The van der Waals surface area contributed by atoms with Crippen LogP contribution in [0.5, 0.6) is 0 Å². The van der Waals surface area contributed by atoms with E-state index in [1.54, 1.807) is 4.90 Å². The molecule has 0 N–H and O–H groups in total. The molecule has 2 atom stereocenters. The number of esters is 1. The normalized spacial score (nSPS) is 25.5. The van der Waals surface area contributed by atoms with Gasteiger partial charge >= 0.3 is 12.1 Å². The van der Waals surface area contributed by atoms with Crippen molar-refractivity contribution in [2.75, 3.05) is 79.6 Å². The highest BCUT2D eigenvalue weighted by Crippen LogP contribution is 2.26. The number of benzene rings is 1. The monoisotopic (exact) mass is 473 g/mol. The van der Waals surface area contributed by atoms with E-state index in [2.05, 4.69) is 49.9 Å². The van der Waals surface area contributed by atoms with Crippen LogP contribution in [0.25, 0.3) is 0 Å². The highest BCUT2D eigenvalue weighted by Gasteiger charge is 2.43. The van der Waals surface area contributed by atoms with Gasteiger partial charge in [0.2, 0.25) is 0 Å². The van der Waals surface area contributed by atoms with Crippen molar-refractivity contribution in [3.05, 3.63) is 35.9 Å². The number of cyclic esters (lactones) is 1. The van der Waals surface area contributed by atoms with E-state index in [1.165, 1.54) is 12.7 Å². The molecule has 188 valence electrons. The molecule has 0 radical (unpaired) electrons. The van der Waals surface area contributed by atoms with Gasteiger partial charge in [0.15, 0.2) is 6.23 Å². The van der Waals surface area contributed by atoms with Gasteiger partial charge in [-0.1, -0.05) is 30.3 Å². The van der Waals surface area contributed by atoms with Crippen LogP contribution < -0.4 is 0 Å². The van der Waals surface area contributed by atoms with Gasteiger partial charge in [0.1, 0.15) is 0 Å². The van der Waals surface area contributed by atoms with Crippen LogP contribution in [0.2, 0.25) is 0 Å². The molecule has 34 heavy (non-hydrogen) atoms. The standard InChI is InChI=1S/C25H39N5O4/c1-26-22(24(34-25(26)32)30-17-15-29(16-18-30)20-23(31)33-2)9-6-10-27-11-13-28(14-12-27)19-21-7-4-3-5-8-21/h3-5,7-8,22,24H,6,9-20H2,1-2H3. The van der Waals surface area contributed by atoms with Crippen molar-refractivity contribution >= 4 is 12.1 Å². The fourth-order valence-corrected chi connectivity index (χ4v) is 5.21. The molecular formula is C25H39N5O4. The van der Waals surface area contributed by atoms with Crippen molar-refractivity contribution in [1.29, 1.82) is 0 Å². The topological polar surface area (TPSA) is 68.8 Å². The lowest BCUT2D eigenvalue weighted by Crippen LogP contribution is -2.54. The number of amides is 1. The Morgan fingerprint density at radius 2 is 1.62 bits per heavy atom. The number of carbonyl (C=O) groups is 2. The summed E-state index contributed by atoms with van der Waals surface area (Å²) in [6.45, 7) is 9.87. The molecule has 0 bridgehead atoms. The van der Waals surface area contributed by atoms with E-state index < -0.39 is 0 Å². The first kappa shape index (κ1) is 24.9. The largest absolute Gasteiger partial charge is 0.468 e. The molecule has 3 saturated heterocycles. The number of methoxy groups -OCH3 is 1. The lowest BCUT2D eigenvalue weighted by molar-refractivity contribution is -0.142. The summed E-state index contributed by atoms with van der Waals surface area (Å²) >= 11 is 0. The summed E-state index contributed by atoms with van der Waals surface area (Å²) in [6, 6.07) is 10.7. The second-order valence-corrected chi connectivity index (χ2v) is 9.59. The Kier molecular flexibility index (Phi) is 8.77. The molecule has 9 nitrogen and oxygen atoms in total. The molecular weight excluding hydrogens is 434 g/mol. The van der Waals surface area contributed by atoms with Gasteiger partial charge in [-0.2, -0.15) is 0 Å². The number of likely N-dealkylation sites (N-methyl/N-ethyl adjacent to an activating group) is 1. The van der Waals surface area contributed by atoms with Crippen molar-refractivity contribution in [3.8, 4) is 0 Å². The molecule has 3 aliphatic heterocycles. The number of carbonyl (C=O) groups excluding carboxylic acids is 2. The highest BCUT2D eigenvalue weighted by atomic mass is 16.6. The smallest absolute Gasteiger partial charge is 0.411 e. The second kappa shape index (κ2) is 12.0. The Hall–Kier alpha value is -2.20. The summed E-state index contributed by atoms with van der Waals surface area (Å²) in [4.78, 5) is 35.1. The van der Waals surface area contributed by atoms with E-state index in [-0.39, 0.29) is 24.3 Å². The van der Waals surface area contributed by atoms with Crippen LogP contribution in [0.1, 0.15) is 18.4 Å². The second-order valence-electron chi connectivity index (χ2n) is 9.59. The number of rotatable bonds is 9. The Bertz CT molecular complexity index is 794. The molecule has 1 aromatic carbocycles. The first-order valence-electron chi connectivity index (χ1n) is 12.5. The Morgan fingerprint density at radius 3 is 2.29 bits per heavy atom. The molecule has 0 saturated carbocycles. The fourth-order valence-electron chi connectivity index (χ4n) is 5.21. The zero-order valence-corrected chi connectivity index (χ0v) is 20.6. The minimum atomic E-state index is -0.235. The van der Waals surface area contributed by atoms with Crippen molar-refractivity contribution in [3.63, 3.8) is 0 Å². The Balaban J connectivity index is 1.19. The average molecular weight is 474 g/mol. The van der Waals surface area contributed by atoms with Gasteiger partial charge in [-0.05, 0) is 24.9 Å². The average Bonchev–Trinajstić information content (AvgIpc) is 3.14. The van der Waals surface area contributed by atoms with E-state index in [0.29, 0.717) is 6.54 Å². The minimum absolute atomic E-state index is 0.0685. The van der Waals surface area contributed by atoms with E-state index in [9.17, 15) is 9.59 Å². The van der Waals surface area contributed by atoms with E-state index in [0.717, 1.165) is 78.3 Å². The predicted octanol–water partition coefficient (Wildman–Crippen LogP) is 1.15. The summed E-state index contributed by atoms with van der Waals surface area (Å²) in [5.74, 6) is -0.209. The number of hydrogen-bond acceptors (Lipinski definition) is 8. The number of hydrogen-bond donors (Lipinski definition) is 0. The van der Waals surface area contributed by atoms with Crippen molar-refractivity contribution < 1.29 is 19.1 Å². The number of ether oxygens (including phenoxy) is 2. The molecule has 9 heteroatoms. The van der Waals surface area contributed by atoms with Gasteiger partial charge in [0.25, 0.3) is 0 Å². The third-order valence-corrected chi connectivity index (χ3v) is 7.37. The highest BCUT2D eigenvalue weighted by molar-refractivity contribution is 5.71. The van der Waals surface area contributed by atoms with Crippen molar-refractivity contribution in [2.24, 2.45) is 0 Å². The maximum Gasteiger partial charge on any atom is 0.411 e. The molecule has 0 aromatic heterocycles. The zero-order chi connectivity index (χ0) is 23.9. The molecule has 1 aromatic rings. The zero-order valence-electron chi connectivity index (χ0n) is 20.6. The molecule has 2 unspecified atom stereocenters. The van der Waals surface area contributed by atoms with Gasteiger partial charge in [-0.25, -0.2) is 4.79 Å². The van der Waals surface area contributed by atoms with Crippen LogP contribution >= 0.6 is 0 Å². The van der Waals surface area contributed by atoms with Crippen LogP contribution in [-0.2, 0) is 20.8 Å². The van der Waals surface area contributed by atoms with Gasteiger partial charge in [-0.3, -0.25) is 19.5 Å². The molecule has 4 rings (SSSR count). The van der Waals surface area contributed by atoms with Gasteiger partial charge in [-0.15, -0.1) is 0 Å². The third-order valence-electron chi connectivity index (χ3n) is 7.37. The summed E-state index contributed by atoms with van der Waals surface area (Å²) < 4.78 is 10.5. The summed E-state index contributed by atoms with van der Waals surface area (Å²) in [5.41, 5.74) is 1.38. The van der Waals surface area contributed by atoms with Gasteiger partial charge < -0.3 is 19.3 Å². The van der Waals surface area contributed by atoms with Crippen molar-refractivity contribution in [2.45, 2.75) is 31.7 Å². The molecule has 3 heterocycles. The van der Waals surface area contributed by atoms with Gasteiger partial charge in [0.05, 0.1) is 19.7 Å². The minimum Gasteiger partial charge on any atom is -0.468 e. The summed E-state index contributed by atoms with van der Waals surface area (Å²) in [6.07, 6.45) is 1.53. The van der Waals surface area contributed by atoms with E-state index >= 15 is 0 Å². The Morgan fingerprint density at radius 1 is 0.971 bits per heavy atom. The first-order chi connectivity index (χ1) is 16.5. The van der Waals surface area contributed by atoms with E-state index in [1.807, 2.05) is 7.05 Å². The van der Waals surface area contributed by atoms with Gasteiger partial charge in [0, 0.05) is 66.0 Å². The maximum absolute atomic E-state index is 12.3. The fraction of sp³-hybridized carbons (Fsp3) is 0.680. The first-order valence-corrected chi connectivity index (χ1v) is 12.5. The predicted molar refractivity (Wildman–Crippen MR) is 129 cm³/mol. The number of nitrogens with zero attached hydrogens (tertiary/aromatic N) is 5. The van der Waals surface area contributed by atoms with Crippen LogP contribution in [0.15, 0.2) is 30.3 Å². The summed E-state index contributed by atoms with van der Waals surface area (Å²) in [7, 11) is 3.27. The van der Waals surface area contributed by atoms with Crippen LogP contribution in [0.3, 0.4) is 0 Å². The third kappa shape index (κ3) is 6.47. The lowest BCUT2D eigenvalue weighted by Gasteiger charge is -2.38. The SMILES string of the molecule is COC(=O)CN1CCN(C2OC(=O)N(C)C2CCCN2CCN(Cc3ccccc3)CC2)CC1. The Labute approximate surface area is 203 Å². The lowest BCUT2D eigenvalue weighted by atomic mass is 10.1. The number of piperazine rings is 2. The van der Waals surface area contributed by atoms with Crippen LogP contribution in [-0.4, -0.2) is 128 Å². The maximum atomic E-state index is 12.3. The molecule has 1 amide bonds. The quantitative estimate of drug-likeness (QED) is 0.495.